The van der Waals surface area contributed by atoms with E-state index in [2.05, 4.69) is 11.4 Å². The maximum absolute atomic E-state index is 13.6. The number of anilines is 1. The van der Waals surface area contributed by atoms with Crippen LogP contribution in [0.1, 0.15) is 30.9 Å². The summed E-state index contributed by atoms with van der Waals surface area (Å²) < 4.78 is 19.3. The first-order chi connectivity index (χ1) is 11.1. The van der Waals surface area contributed by atoms with Gasteiger partial charge in [-0.2, -0.15) is 0 Å². The van der Waals surface area contributed by atoms with E-state index in [0.717, 1.165) is 12.8 Å². The molecule has 3 rings (SSSR count). The van der Waals surface area contributed by atoms with Crippen molar-refractivity contribution in [1.29, 1.82) is 0 Å². The summed E-state index contributed by atoms with van der Waals surface area (Å²) in [5.74, 6) is -0.142. The number of rotatable bonds is 4. The molecule has 0 heterocycles. The molecule has 0 saturated heterocycles. The number of amides is 1. The van der Waals surface area contributed by atoms with Crippen LogP contribution in [0.2, 0.25) is 0 Å². The maximum atomic E-state index is 13.6. The second-order valence-electron chi connectivity index (χ2n) is 5.87. The minimum absolute atomic E-state index is 0.165. The highest BCUT2D eigenvalue weighted by Crippen LogP contribution is 2.26. The Morgan fingerprint density at radius 3 is 2.65 bits per heavy atom. The SMILES string of the molecule is CC(Oc1ccc2c(c1)CCCC2)C(=O)Nc1ccccc1F. The lowest BCUT2D eigenvalue weighted by atomic mass is 9.92. The average Bonchev–Trinajstić information content (AvgIpc) is 2.56. The number of para-hydroxylation sites is 1. The predicted molar refractivity (Wildman–Crippen MR) is 88.2 cm³/mol. The van der Waals surface area contributed by atoms with Crippen LogP contribution in [0.15, 0.2) is 42.5 Å². The van der Waals surface area contributed by atoms with Crippen molar-refractivity contribution in [2.24, 2.45) is 0 Å². The summed E-state index contributed by atoms with van der Waals surface area (Å²) in [6.07, 6.45) is 3.90. The maximum Gasteiger partial charge on any atom is 0.265 e. The standard InChI is InChI=1S/C19H20FNO2/c1-13(19(22)21-18-9-5-4-8-17(18)20)23-16-11-10-14-6-2-3-7-15(14)12-16/h4-5,8-13H,2-3,6-7H2,1H3,(H,21,22). The van der Waals surface area contributed by atoms with Gasteiger partial charge in [-0.15, -0.1) is 0 Å². The molecule has 2 aromatic carbocycles. The van der Waals surface area contributed by atoms with Gasteiger partial charge in [0.15, 0.2) is 6.10 Å². The molecule has 0 saturated carbocycles. The average molecular weight is 313 g/mol. The molecule has 1 amide bonds. The molecular formula is C19H20FNO2. The Labute approximate surface area is 135 Å². The topological polar surface area (TPSA) is 38.3 Å². The lowest BCUT2D eigenvalue weighted by Crippen LogP contribution is -2.30. The molecule has 1 aliphatic carbocycles. The zero-order chi connectivity index (χ0) is 16.2. The summed E-state index contributed by atoms with van der Waals surface area (Å²) >= 11 is 0. The summed E-state index contributed by atoms with van der Waals surface area (Å²) in [7, 11) is 0. The lowest BCUT2D eigenvalue weighted by molar-refractivity contribution is -0.122. The highest BCUT2D eigenvalue weighted by atomic mass is 19.1. The molecule has 1 atom stereocenters. The van der Waals surface area contributed by atoms with Gasteiger partial charge in [0, 0.05) is 0 Å². The van der Waals surface area contributed by atoms with Gasteiger partial charge in [-0.3, -0.25) is 4.79 Å². The Balaban J connectivity index is 1.65. The van der Waals surface area contributed by atoms with Gasteiger partial charge in [-0.05, 0) is 68.0 Å². The summed E-state index contributed by atoms with van der Waals surface area (Å²) in [6.45, 7) is 1.66. The van der Waals surface area contributed by atoms with Crippen molar-refractivity contribution >= 4 is 11.6 Å². The molecule has 120 valence electrons. The van der Waals surface area contributed by atoms with Gasteiger partial charge >= 0.3 is 0 Å². The van der Waals surface area contributed by atoms with Crippen LogP contribution in [-0.4, -0.2) is 12.0 Å². The van der Waals surface area contributed by atoms with Crippen LogP contribution in [0.4, 0.5) is 10.1 Å². The first-order valence-electron chi connectivity index (χ1n) is 7.97. The Morgan fingerprint density at radius 1 is 1.13 bits per heavy atom. The van der Waals surface area contributed by atoms with Crippen LogP contribution < -0.4 is 10.1 Å². The molecule has 0 aliphatic heterocycles. The molecule has 4 heteroatoms. The van der Waals surface area contributed by atoms with Crippen molar-refractivity contribution in [2.75, 3.05) is 5.32 Å². The highest BCUT2D eigenvalue weighted by Gasteiger charge is 2.17. The van der Waals surface area contributed by atoms with Gasteiger partial charge in [0.25, 0.3) is 5.91 Å². The first-order valence-corrected chi connectivity index (χ1v) is 7.97. The Bertz CT molecular complexity index is 714. The largest absolute Gasteiger partial charge is 0.481 e. The third-order valence-electron chi connectivity index (χ3n) is 4.13. The molecular weight excluding hydrogens is 293 g/mol. The highest BCUT2D eigenvalue weighted by molar-refractivity contribution is 5.94. The fourth-order valence-electron chi connectivity index (χ4n) is 2.84. The van der Waals surface area contributed by atoms with Gasteiger partial charge in [0.2, 0.25) is 0 Å². The van der Waals surface area contributed by atoms with Crippen LogP contribution >= 0.6 is 0 Å². The van der Waals surface area contributed by atoms with E-state index in [9.17, 15) is 9.18 Å². The number of carbonyl (C=O) groups excluding carboxylic acids is 1. The van der Waals surface area contributed by atoms with Crippen molar-refractivity contribution in [3.63, 3.8) is 0 Å². The van der Waals surface area contributed by atoms with E-state index in [1.165, 1.54) is 36.1 Å². The smallest absolute Gasteiger partial charge is 0.265 e. The summed E-state index contributed by atoms with van der Waals surface area (Å²) in [4.78, 5) is 12.2. The lowest BCUT2D eigenvalue weighted by Gasteiger charge is -2.19. The molecule has 2 aromatic rings. The molecule has 0 bridgehead atoms. The molecule has 0 fully saturated rings. The van der Waals surface area contributed by atoms with Gasteiger partial charge < -0.3 is 10.1 Å². The van der Waals surface area contributed by atoms with E-state index in [1.807, 2.05) is 12.1 Å². The van der Waals surface area contributed by atoms with Crippen LogP contribution in [0.3, 0.4) is 0 Å². The zero-order valence-electron chi connectivity index (χ0n) is 13.1. The van der Waals surface area contributed by atoms with Gasteiger partial charge in [0.1, 0.15) is 11.6 Å². The van der Waals surface area contributed by atoms with E-state index in [-0.39, 0.29) is 11.6 Å². The Hall–Kier alpha value is -2.36. The second kappa shape index (κ2) is 6.82. The van der Waals surface area contributed by atoms with Crippen LogP contribution in [-0.2, 0) is 17.6 Å². The quantitative estimate of drug-likeness (QED) is 0.922. The van der Waals surface area contributed by atoms with E-state index in [0.29, 0.717) is 5.75 Å². The van der Waals surface area contributed by atoms with Gasteiger partial charge in [-0.25, -0.2) is 4.39 Å². The van der Waals surface area contributed by atoms with Crippen molar-refractivity contribution in [1.82, 2.24) is 0 Å². The normalized spacial score (nSPS) is 14.7. The molecule has 1 unspecified atom stereocenters. The van der Waals surface area contributed by atoms with Gasteiger partial charge in [0.05, 0.1) is 5.69 Å². The molecule has 1 aliphatic rings. The molecule has 0 aromatic heterocycles. The minimum atomic E-state index is -0.698. The van der Waals surface area contributed by atoms with Crippen molar-refractivity contribution in [2.45, 2.75) is 38.7 Å². The first kappa shape index (κ1) is 15.5. The summed E-state index contributed by atoms with van der Waals surface area (Å²) in [6, 6.07) is 12.1. The summed E-state index contributed by atoms with van der Waals surface area (Å²) in [5, 5.41) is 2.55. The van der Waals surface area contributed by atoms with E-state index < -0.39 is 11.9 Å². The zero-order valence-corrected chi connectivity index (χ0v) is 13.1. The molecule has 23 heavy (non-hydrogen) atoms. The van der Waals surface area contributed by atoms with E-state index in [1.54, 1.807) is 19.1 Å². The number of hydrogen-bond donors (Lipinski definition) is 1. The summed E-state index contributed by atoms with van der Waals surface area (Å²) in [5.41, 5.74) is 2.83. The van der Waals surface area contributed by atoms with Crippen LogP contribution in [0.5, 0.6) is 5.75 Å². The predicted octanol–water partition coefficient (Wildman–Crippen LogP) is 4.11. The molecule has 0 spiro atoms. The Morgan fingerprint density at radius 2 is 1.87 bits per heavy atom. The van der Waals surface area contributed by atoms with Gasteiger partial charge in [-0.1, -0.05) is 18.2 Å². The monoisotopic (exact) mass is 313 g/mol. The van der Waals surface area contributed by atoms with E-state index in [4.69, 9.17) is 4.74 Å². The number of ether oxygens (including phenoxy) is 1. The molecule has 0 radical (unpaired) electrons. The van der Waals surface area contributed by atoms with E-state index >= 15 is 0 Å². The fourth-order valence-corrected chi connectivity index (χ4v) is 2.84. The number of nitrogens with one attached hydrogen (secondary N) is 1. The number of hydrogen-bond acceptors (Lipinski definition) is 2. The third kappa shape index (κ3) is 3.70. The second-order valence-corrected chi connectivity index (χ2v) is 5.87. The number of benzene rings is 2. The van der Waals surface area contributed by atoms with Crippen LogP contribution in [0.25, 0.3) is 0 Å². The number of fused-ring (bicyclic) bond motifs is 1. The van der Waals surface area contributed by atoms with Crippen LogP contribution in [0, 0.1) is 5.82 Å². The molecule has 3 nitrogen and oxygen atoms in total. The van der Waals surface area contributed by atoms with Crippen molar-refractivity contribution in [3.05, 3.63) is 59.4 Å². The molecule has 1 N–H and O–H groups in total. The van der Waals surface area contributed by atoms with Crippen molar-refractivity contribution in [3.8, 4) is 5.75 Å². The fraction of sp³-hybridized carbons (Fsp3) is 0.316. The van der Waals surface area contributed by atoms with Crippen molar-refractivity contribution < 1.29 is 13.9 Å². The third-order valence-corrected chi connectivity index (χ3v) is 4.13. The number of aryl methyl sites for hydroxylation is 2. The number of halogens is 1. The minimum Gasteiger partial charge on any atom is -0.481 e. The number of carbonyl (C=O) groups is 1. The Kier molecular flexibility index (Phi) is 4.60.